The number of aliphatic hydroxyl groups excluding tert-OH is 2. The molecule has 19 nitrogen and oxygen atoms in total. The van der Waals surface area contributed by atoms with Crippen LogP contribution in [0.4, 0.5) is 16.3 Å². The number of hydrogen-bond acceptors (Lipinski definition) is 13. The Balaban J connectivity index is 1.40. The topological polar surface area (TPSA) is 277 Å². The molecule has 3 heterocycles. The third-order valence-corrected chi connectivity index (χ3v) is 8.40. The van der Waals surface area contributed by atoms with E-state index in [1.54, 1.807) is 30.3 Å². The molecule has 8 N–H and O–H groups in total. The smallest absolute Gasteiger partial charge is 0.479 e. The Kier molecular flexibility index (Phi) is 9.45. The third-order valence-electron chi connectivity index (χ3n) is 5.45. The molecule has 0 spiro atoms. The molecule has 222 valence electrons. The number of carbonyl (C=O) groups excluding carboxylic acids is 1. The van der Waals surface area contributed by atoms with E-state index < -0.39 is 71.4 Å². The molecule has 0 bridgehead atoms. The number of urea groups is 1. The number of aliphatic hydroxyl groups is 2. The number of benzene rings is 1. The number of carboxylic acid groups (broad SMARTS) is 1. The van der Waals surface area contributed by atoms with E-state index in [1.807, 2.05) is 5.32 Å². The summed E-state index contributed by atoms with van der Waals surface area (Å²) < 4.78 is 39.8. The number of phosphoric ester groups is 1. The first-order valence-electron chi connectivity index (χ1n) is 11.6. The van der Waals surface area contributed by atoms with E-state index in [9.17, 15) is 38.7 Å². The number of ether oxygens (including phenoxy) is 1. The zero-order chi connectivity index (χ0) is 29.8. The molecular formula is C20H25N7O12P2. The predicted octanol–water partition coefficient (Wildman–Crippen LogP) is 0.0402. The maximum atomic E-state index is 12.4. The van der Waals surface area contributed by atoms with Crippen LogP contribution in [-0.2, 0) is 27.5 Å². The highest BCUT2D eigenvalue weighted by Gasteiger charge is 2.46. The zero-order valence-electron chi connectivity index (χ0n) is 20.7. The van der Waals surface area contributed by atoms with Crippen molar-refractivity contribution < 1.29 is 57.4 Å². The van der Waals surface area contributed by atoms with Crippen molar-refractivity contribution in [3.05, 3.63) is 43.0 Å². The molecule has 2 amide bonds. The lowest BCUT2D eigenvalue weighted by Crippen LogP contribution is -2.33. The number of anilines is 2. The van der Waals surface area contributed by atoms with Gasteiger partial charge in [0.2, 0.25) is 0 Å². The third kappa shape index (κ3) is 7.90. The van der Waals surface area contributed by atoms with E-state index >= 15 is 0 Å². The first kappa shape index (κ1) is 30.6. The highest BCUT2D eigenvalue weighted by Crippen LogP contribution is 2.59. The van der Waals surface area contributed by atoms with Gasteiger partial charge in [-0.15, -0.1) is 0 Å². The summed E-state index contributed by atoms with van der Waals surface area (Å²) in [5.41, 5.74) is 0.739. The SMILES string of the molecule is O=C(O)CNCP(=O)(O)OP(=O)(O)OC[C@H]1O[C@@H](n2cnc3c(NC(=O)Nc4ccccc4)ncnc32)[C@@H](O)[C@H]1O. The average molecular weight is 617 g/mol. The normalized spacial score (nSPS) is 23.5. The van der Waals surface area contributed by atoms with Gasteiger partial charge in [-0.3, -0.25) is 29.1 Å². The Morgan fingerprint density at radius 3 is 2.49 bits per heavy atom. The van der Waals surface area contributed by atoms with Crippen LogP contribution in [0.15, 0.2) is 43.0 Å². The molecule has 0 radical (unpaired) electrons. The van der Waals surface area contributed by atoms with Crippen molar-refractivity contribution in [2.24, 2.45) is 0 Å². The molecule has 1 aliphatic heterocycles. The van der Waals surface area contributed by atoms with Gasteiger partial charge in [0.1, 0.15) is 24.6 Å². The standard InChI is InChI=1S/C20H25N7O12P2/c28-13(29)6-21-10-40(33,34)39-41(35,36)37-7-12-15(30)16(31)19(38-12)27-9-24-14-17(22-8-23-18(14)27)26-20(32)25-11-4-2-1-3-5-11/h1-5,8-9,12,15-16,19,21,30-31H,6-7,10H2,(H,28,29)(H,33,34)(H,35,36)(H2,22,23,25,26,32)/t12-,15+,16+,19-/m1/s1. The number of nitrogens with zero attached hydrogens (tertiary/aromatic N) is 4. The van der Waals surface area contributed by atoms with Gasteiger partial charge in [-0.1, -0.05) is 18.2 Å². The van der Waals surface area contributed by atoms with Crippen molar-refractivity contribution in [2.75, 3.05) is 30.1 Å². The Hall–Kier alpha value is -3.35. The van der Waals surface area contributed by atoms with Gasteiger partial charge in [-0.25, -0.2) is 28.6 Å². The molecule has 0 aliphatic carbocycles. The average Bonchev–Trinajstić information content (AvgIpc) is 3.44. The summed E-state index contributed by atoms with van der Waals surface area (Å²) in [5, 5.41) is 36.8. The van der Waals surface area contributed by atoms with Crippen LogP contribution in [0.25, 0.3) is 11.2 Å². The van der Waals surface area contributed by atoms with Crippen molar-refractivity contribution in [3.63, 3.8) is 0 Å². The highest BCUT2D eigenvalue weighted by molar-refractivity contribution is 7.63. The van der Waals surface area contributed by atoms with E-state index in [4.69, 9.17) is 9.84 Å². The number of rotatable bonds is 12. The fourth-order valence-corrected chi connectivity index (χ4v) is 6.14. The maximum Gasteiger partial charge on any atom is 0.479 e. The van der Waals surface area contributed by atoms with Crippen molar-refractivity contribution in [2.45, 2.75) is 24.5 Å². The van der Waals surface area contributed by atoms with Crippen LogP contribution < -0.4 is 16.0 Å². The molecule has 21 heteroatoms. The second-order valence-electron chi connectivity index (χ2n) is 8.50. The van der Waals surface area contributed by atoms with Gasteiger partial charge in [-0.2, -0.15) is 0 Å². The molecule has 2 unspecified atom stereocenters. The largest absolute Gasteiger partial charge is 0.480 e. The van der Waals surface area contributed by atoms with E-state index in [0.29, 0.717) is 5.69 Å². The van der Waals surface area contributed by atoms with Crippen LogP contribution in [0.2, 0.25) is 0 Å². The first-order valence-corrected chi connectivity index (χ1v) is 14.9. The summed E-state index contributed by atoms with van der Waals surface area (Å²) in [6, 6.07) is 8.00. The van der Waals surface area contributed by atoms with Gasteiger partial charge in [-0.05, 0) is 12.1 Å². The van der Waals surface area contributed by atoms with E-state index in [-0.39, 0.29) is 17.0 Å². The van der Waals surface area contributed by atoms with Gasteiger partial charge in [0.25, 0.3) is 0 Å². The fourth-order valence-electron chi connectivity index (χ4n) is 3.70. The number of aromatic nitrogens is 4. The van der Waals surface area contributed by atoms with Crippen molar-refractivity contribution in [1.29, 1.82) is 0 Å². The maximum absolute atomic E-state index is 12.4. The molecule has 1 aromatic carbocycles. The quantitative estimate of drug-likeness (QED) is 0.125. The first-order chi connectivity index (χ1) is 19.3. The summed E-state index contributed by atoms with van der Waals surface area (Å²) in [4.78, 5) is 54.6. The highest BCUT2D eigenvalue weighted by atomic mass is 31.3. The van der Waals surface area contributed by atoms with Crippen LogP contribution in [0.3, 0.4) is 0 Å². The van der Waals surface area contributed by atoms with E-state index in [0.717, 1.165) is 6.33 Å². The Labute approximate surface area is 230 Å². The van der Waals surface area contributed by atoms with Crippen molar-refractivity contribution >= 4 is 50.1 Å². The second-order valence-corrected chi connectivity index (χ2v) is 11.9. The van der Waals surface area contributed by atoms with Crippen LogP contribution in [0, 0.1) is 0 Å². The van der Waals surface area contributed by atoms with Crippen LogP contribution >= 0.6 is 15.4 Å². The lowest BCUT2D eigenvalue weighted by Gasteiger charge is -2.19. The number of para-hydroxylation sites is 1. The minimum atomic E-state index is -5.20. The Morgan fingerprint density at radius 1 is 1.05 bits per heavy atom. The fraction of sp³-hybridized carbons (Fsp3) is 0.350. The van der Waals surface area contributed by atoms with Gasteiger partial charge in [0, 0.05) is 5.69 Å². The molecule has 0 saturated carbocycles. The minimum absolute atomic E-state index is 0.0275. The van der Waals surface area contributed by atoms with Crippen LogP contribution in [0.1, 0.15) is 6.23 Å². The lowest BCUT2D eigenvalue weighted by atomic mass is 10.1. The molecular weight excluding hydrogens is 592 g/mol. The summed E-state index contributed by atoms with van der Waals surface area (Å²) in [5.74, 6) is -1.31. The Bertz CT molecular complexity index is 1490. The molecule has 1 saturated heterocycles. The van der Waals surface area contributed by atoms with Gasteiger partial charge >= 0.3 is 27.4 Å². The lowest BCUT2D eigenvalue weighted by molar-refractivity contribution is -0.135. The monoisotopic (exact) mass is 617 g/mol. The summed E-state index contributed by atoms with van der Waals surface area (Å²) >= 11 is 0. The Morgan fingerprint density at radius 2 is 1.78 bits per heavy atom. The molecule has 6 atom stereocenters. The van der Waals surface area contributed by atoms with Crippen LogP contribution in [0.5, 0.6) is 0 Å². The molecule has 1 aliphatic rings. The van der Waals surface area contributed by atoms with Gasteiger partial charge in [0.15, 0.2) is 23.2 Å². The zero-order valence-corrected chi connectivity index (χ0v) is 22.5. The number of imidazole rings is 1. The number of aliphatic carboxylic acids is 1. The second kappa shape index (κ2) is 12.7. The minimum Gasteiger partial charge on any atom is -0.480 e. The molecule has 2 aromatic heterocycles. The number of phosphoric acid groups is 1. The van der Waals surface area contributed by atoms with Gasteiger partial charge in [0.05, 0.1) is 25.8 Å². The number of fused-ring (bicyclic) bond motifs is 1. The molecule has 3 aromatic rings. The summed E-state index contributed by atoms with van der Waals surface area (Å²) in [6.45, 7) is -1.57. The number of nitrogens with one attached hydrogen (secondary N) is 3. The van der Waals surface area contributed by atoms with E-state index in [2.05, 4.69) is 34.4 Å². The number of hydrogen-bond donors (Lipinski definition) is 8. The number of carbonyl (C=O) groups is 2. The molecule has 41 heavy (non-hydrogen) atoms. The number of amides is 2. The van der Waals surface area contributed by atoms with Crippen molar-refractivity contribution in [3.8, 4) is 0 Å². The van der Waals surface area contributed by atoms with Gasteiger partial charge < -0.3 is 35.2 Å². The van der Waals surface area contributed by atoms with Crippen molar-refractivity contribution in [1.82, 2.24) is 24.8 Å². The van der Waals surface area contributed by atoms with Crippen LogP contribution in [-0.4, -0.2) is 94.4 Å². The summed E-state index contributed by atoms with van der Waals surface area (Å²) in [6.07, 6.45) is -4.66. The van der Waals surface area contributed by atoms with E-state index in [1.165, 1.54) is 10.9 Å². The predicted molar refractivity (Wildman–Crippen MR) is 138 cm³/mol. The number of carboxylic acids is 1. The molecule has 1 fully saturated rings. The molecule has 4 rings (SSSR count). The summed E-state index contributed by atoms with van der Waals surface area (Å²) in [7, 11) is -10.00.